The molecule has 0 aromatic rings. The molecule has 1 radical (unpaired) electrons. The Morgan fingerprint density at radius 3 is 1.08 bits per heavy atom. The molecule has 1 heteroatoms. The summed E-state index contributed by atoms with van der Waals surface area (Å²) >= 11 is 0.509. The molecule has 13 heavy (non-hydrogen) atoms. The van der Waals surface area contributed by atoms with E-state index in [0.717, 1.165) is 11.8 Å². The van der Waals surface area contributed by atoms with Gasteiger partial charge < -0.3 is 0 Å². The van der Waals surface area contributed by atoms with Gasteiger partial charge in [0.25, 0.3) is 0 Å². The molecule has 0 unspecified atom stereocenters. The predicted octanol–water partition coefficient (Wildman–Crippen LogP) is 4.40. The molecule has 0 nitrogen and oxygen atoms in total. The molecule has 0 aromatic carbocycles. The van der Waals surface area contributed by atoms with Crippen LogP contribution in [0.25, 0.3) is 0 Å². The maximum atomic E-state index is 2.43. The first-order valence-corrected chi connectivity index (χ1v) is 6.62. The molecule has 0 atom stereocenters. The molecular weight excluding hydrogens is 171 g/mol. The maximum absolute atomic E-state index is 2.43. The van der Waals surface area contributed by atoms with E-state index < -0.39 is 0 Å². The predicted molar refractivity (Wildman–Crippen MR) is 63.5 cm³/mol. The van der Waals surface area contributed by atoms with Crippen molar-refractivity contribution in [3.63, 3.8) is 0 Å². The zero-order chi connectivity index (χ0) is 10.9. The van der Waals surface area contributed by atoms with E-state index in [-0.39, 0.29) is 0 Å². The van der Waals surface area contributed by atoms with Crippen molar-refractivity contribution in [3.05, 3.63) is 0 Å². The summed E-state index contributed by atoms with van der Waals surface area (Å²) in [5.74, 6) is 1.61. The van der Waals surface area contributed by atoms with Gasteiger partial charge in [-0.15, -0.1) is 0 Å². The lowest BCUT2D eigenvalue weighted by Gasteiger charge is -2.39. The van der Waals surface area contributed by atoms with Gasteiger partial charge in [-0.3, -0.25) is 0 Å². The highest BCUT2D eigenvalue weighted by molar-refractivity contribution is 6.43. The van der Waals surface area contributed by atoms with Crippen LogP contribution in [0.2, 0.25) is 8.55 Å². The summed E-state index contributed by atoms with van der Waals surface area (Å²) in [4.78, 5) is 0. The Labute approximate surface area is 91.2 Å². The average Bonchev–Trinajstić information content (AvgIpc) is 1.83. The molecule has 0 aromatic heterocycles. The molecule has 0 bridgehead atoms. The second-order valence-corrected chi connectivity index (χ2v) is 9.36. The zero-order valence-electron chi connectivity index (χ0n) is 10.7. The molecule has 0 aliphatic heterocycles. The topological polar surface area (TPSA) is 0 Å². The van der Waals surface area contributed by atoms with Crippen LogP contribution in [0.5, 0.6) is 0 Å². The minimum atomic E-state index is 0.509. The van der Waals surface area contributed by atoms with Gasteiger partial charge in [-0.2, -0.15) is 0 Å². The highest BCUT2D eigenvalue weighted by atomic mass is 27.1. The van der Waals surface area contributed by atoms with Gasteiger partial charge in [-0.25, -0.2) is 0 Å². The van der Waals surface area contributed by atoms with Crippen LogP contribution in [0.15, 0.2) is 0 Å². The fraction of sp³-hybridized carbons (Fsp3) is 1.00. The van der Waals surface area contributed by atoms with Crippen LogP contribution in [0.1, 0.15) is 55.4 Å². The molecule has 0 aliphatic rings. The van der Waals surface area contributed by atoms with Crippen LogP contribution in [0.3, 0.4) is 0 Å². The highest BCUT2D eigenvalue weighted by Crippen LogP contribution is 2.44. The lowest BCUT2D eigenvalue weighted by atomic mass is 9.97. The molecule has 77 valence electrons. The smallest absolute Gasteiger partial charge is 0.0851 e. The van der Waals surface area contributed by atoms with Crippen LogP contribution >= 0.6 is 0 Å². The van der Waals surface area contributed by atoms with Crippen molar-refractivity contribution < 1.29 is 0 Å². The van der Waals surface area contributed by atoms with Crippen molar-refractivity contribution in [3.8, 4) is 0 Å². The molecule has 0 amide bonds. The molecule has 0 rings (SSSR count). The first kappa shape index (κ1) is 13.5. The highest BCUT2D eigenvalue weighted by Gasteiger charge is 2.34. The molecule has 0 fully saturated rings. The summed E-state index contributed by atoms with van der Waals surface area (Å²) in [6.45, 7) is 19.1. The Morgan fingerprint density at radius 2 is 0.923 bits per heavy atom. The third-order valence-corrected chi connectivity index (χ3v) is 6.54. The molecule has 0 heterocycles. The molecular formula is C12H26Al. The van der Waals surface area contributed by atoms with E-state index in [9.17, 15) is 0 Å². The van der Waals surface area contributed by atoms with Gasteiger partial charge in [-0.1, -0.05) is 75.8 Å². The SMILES string of the molecule is CC(C)[C](C)(C)[Al][C](C)(C)C(C)C. The summed E-state index contributed by atoms with van der Waals surface area (Å²) in [5.41, 5.74) is 0. The van der Waals surface area contributed by atoms with E-state index in [4.69, 9.17) is 0 Å². The number of rotatable bonds is 4. The summed E-state index contributed by atoms with van der Waals surface area (Å²) < 4.78 is 1.10. The quantitative estimate of drug-likeness (QED) is 0.586. The lowest BCUT2D eigenvalue weighted by molar-refractivity contribution is 0.417. The van der Waals surface area contributed by atoms with Gasteiger partial charge in [0.05, 0.1) is 0 Å². The van der Waals surface area contributed by atoms with Gasteiger partial charge in [-0.05, 0) is 0 Å². The Balaban J connectivity index is 4.42. The fourth-order valence-corrected chi connectivity index (χ4v) is 3.88. The number of hydrogen-bond donors (Lipinski definition) is 0. The minimum Gasteiger partial charge on any atom is -0.0851 e. The van der Waals surface area contributed by atoms with Crippen LogP contribution < -0.4 is 0 Å². The van der Waals surface area contributed by atoms with Crippen molar-refractivity contribution in [1.29, 1.82) is 0 Å². The van der Waals surface area contributed by atoms with Crippen LogP contribution in [0.4, 0.5) is 0 Å². The standard InChI is InChI=1S/2C6H13.Al/c2*1-5(2)6(3)4;/h2*5H,1-4H3;. The summed E-state index contributed by atoms with van der Waals surface area (Å²) in [5, 5.41) is 0. The Hall–Kier alpha value is 0.532. The minimum absolute atomic E-state index is 0.509. The average molecular weight is 197 g/mol. The Kier molecular flexibility index (Phi) is 4.55. The van der Waals surface area contributed by atoms with E-state index in [1.807, 2.05) is 0 Å². The van der Waals surface area contributed by atoms with Crippen molar-refractivity contribution >= 4 is 15.2 Å². The third-order valence-electron chi connectivity index (χ3n) is 3.72. The second-order valence-electron chi connectivity index (χ2n) is 6.10. The van der Waals surface area contributed by atoms with E-state index >= 15 is 0 Å². The fourth-order valence-electron chi connectivity index (χ4n) is 1.29. The van der Waals surface area contributed by atoms with Gasteiger partial charge in [0.2, 0.25) is 15.2 Å². The van der Waals surface area contributed by atoms with Crippen molar-refractivity contribution in [1.82, 2.24) is 0 Å². The molecule has 0 N–H and O–H groups in total. The van der Waals surface area contributed by atoms with Gasteiger partial charge in [0.1, 0.15) is 0 Å². The van der Waals surface area contributed by atoms with E-state index in [0.29, 0.717) is 23.8 Å². The number of hydrogen-bond acceptors (Lipinski definition) is 0. The Bertz CT molecular complexity index is 137. The van der Waals surface area contributed by atoms with Crippen LogP contribution in [-0.2, 0) is 0 Å². The van der Waals surface area contributed by atoms with E-state index in [2.05, 4.69) is 55.4 Å². The maximum Gasteiger partial charge on any atom is 0.219 e. The normalized spacial score (nSPS) is 14.0. The zero-order valence-corrected chi connectivity index (χ0v) is 11.9. The van der Waals surface area contributed by atoms with E-state index in [1.54, 1.807) is 0 Å². The van der Waals surface area contributed by atoms with Crippen molar-refractivity contribution in [2.24, 2.45) is 11.8 Å². The summed E-state index contributed by atoms with van der Waals surface area (Å²) in [6.07, 6.45) is 0. The Morgan fingerprint density at radius 1 is 0.692 bits per heavy atom. The van der Waals surface area contributed by atoms with Crippen molar-refractivity contribution in [2.45, 2.75) is 63.9 Å². The summed E-state index contributed by atoms with van der Waals surface area (Å²) in [6, 6.07) is 0. The third kappa shape index (κ3) is 4.05. The van der Waals surface area contributed by atoms with Gasteiger partial charge in [0, 0.05) is 0 Å². The van der Waals surface area contributed by atoms with Gasteiger partial charge >= 0.3 is 0 Å². The monoisotopic (exact) mass is 197 g/mol. The second kappa shape index (κ2) is 4.37. The van der Waals surface area contributed by atoms with E-state index in [1.165, 1.54) is 0 Å². The van der Waals surface area contributed by atoms with Crippen molar-refractivity contribution in [2.75, 3.05) is 0 Å². The van der Waals surface area contributed by atoms with Crippen LogP contribution in [-0.4, -0.2) is 15.2 Å². The molecule has 0 spiro atoms. The molecule has 0 saturated carbocycles. The van der Waals surface area contributed by atoms with Crippen LogP contribution in [0, 0.1) is 11.8 Å². The first-order valence-electron chi connectivity index (χ1n) is 5.46. The largest absolute Gasteiger partial charge is 0.219 e. The molecule has 0 saturated heterocycles. The first-order chi connectivity index (χ1) is 5.59. The molecule has 0 aliphatic carbocycles. The lowest BCUT2D eigenvalue weighted by Crippen LogP contribution is -2.31. The summed E-state index contributed by atoms with van der Waals surface area (Å²) in [7, 11) is 0. The van der Waals surface area contributed by atoms with Gasteiger partial charge in [0.15, 0.2) is 0 Å².